The van der Waals surface area contributed by atoms with Gasteiger partial charge in [0.1, 0.15) is 0 Å². The second-order valence-electron chi connectivity index (χ2n) is 3.59. The van der Waals surface area contributed by atoms with Crippen molar-refractivity contribution in [2.24, 2.45) is 0 Å². The number of aliphatic carboxylic acids is 1. The van der Waals surface area contributed by atoms with E-state index in [9.17, 15) is 4.79 Å². The fourth-order valence-corrected chi connectivity index (χ4v) is 2.30. The molecule has 0 saturated carbocycles. The van der Waals surface area contributed by atoms with Gasteiger partial charge in [0.2, 0.25) is 0 Å². The minimum Gasteiger partial charge on any atom is -0.481 e. The lowest BCUT2D eigenvalue weighted by Crippen LogP contribution is -2.04. The zero-order valence-electron chi connectivity index (χ0n) is 8.43. The number of hydrogen-bond donors (Lipinski definition) is 1. The van der Waals surface area contributed by atoms with E-state index >= 15 is 0 Å². The summed E-state index contributed by atoms with van der Waals surface area (Å²) < 4.78 is 0. The molecule has 4 nitrogen and oxygen atoms in total. The van der Waals surface area contributed by atoms with Gasteiger partial charge < -0.3 is 5.11 Å². The minimum atomic E-state index is -0.748. The van der Waals surface area contributed by atoms with Crippen LogP contribution in [0.4, 0.5) is 0 Å². The van der Waals surface area contributed by atoms with Crippen LogP contribution in [0.1, 0.15) is 30.0 Å². The molecule has 0 bridgehead atoms. The Kier molecular flexibility index (Phi) is 2.90. The third-order valence-corrected chi connectivity index (χ3v) is 3.21. The third-order valence-electron chi connectivity index (χ3n) is 2.65. The summed E-state index contributed by atoms with van der Waals surface area (Å²) >= 11 is 1.51. The molecule has 1 unspecified atom stereocenters. The normalized spacial score (nSPS) is 18.9. The van der Waals surface area contributed by atoms with E-state index in [1.807, 2.05) is 6.26 Å². The molecule has 0 spiro atoms. The second-order valence-corrected chi connectivity index (χ2v) is 4.37. The van der Waals surface area contributed by atoms with Gasteiger partial charge in [-0.05, 0) is 30.6 Å². The van der Waals surface area contributed by atoms with Crippen LogP contribution in [0.2, 0.25) is 0 Å². The molecule has 15 heavy (non-hydrogen) atoms. The Labute approximate surface area is 92.1 Å². The van der Waals surface area contributed by atoms with Crippen molar-refractivity contribution >= 4 is 17.7 Å². The average Bonchev–Trinajstić information content (AvgIpc) is 2.60. The number of carbonyl (C=O) groups is 1. The highest BCUT2D eigenvalue weighted by Gasteiger charge is 2.26. The maximum absolute atomic E-state index is 10.6. The van der Waals surface area contributed by atoms with Crippen LogP contribution < -0.4 is 0 Å². The Hall–Kier alpha value is -1.10. The van der Waals surface area contributed by atoms with Crippen molar-refractivity contribution in [3.8, 4) is 0 Å². The molecule has 1 aliphatic carbocycles. The largest absolute Gasteiger partial charge is 0.481 e. The Morgan fingerprint density at radius 1 is 1.73 bits per heavy atom. The molecule has 1 N–H and O–H groups in total. The van der Waals surface area contributed by atoms with E-state index in [1.165, 1.54) is 11.8 Å². The van der Waals surface area contributed by atoms with Crippen molar-refractivity contribution < 1.29 is 9.90 Å². The molecule has 80 valence electrons. The second kappa shape index (κ2) is 4.18. The summed E-state index contributed by atoms with van der Waals surface area (Å²) in [5, 5.41) is 9.52. The number of carboxylic acids is 1. The summed E-state index contributed by atoms with van der Waals surface area (Å²) in [5.41, 5.74) is 2.05. The standard InChI is InChI=1S/C10H12N2O2S/c1-15-10-11-5-7-6(4-9(13)14)2-3-8(7)12-10/h5-6H,2-4H2,1H3,(H,13,14). The molecule has 0 fully saturated rings. The third kappa shape index (κ3) is 2.12. The smallest absolute Gasteiger partial charge is 0.303 e. The van der Waals surface area contributed by atoms with Crippen molar-refractivity contribution in [1.82, 2.24) is 9.97 Å². The zero-order valence-corrected chi connectivity index (χ0v) is 9.25. The van der Waals surface area contributed by atoms with Crippen LogP contribution in [0.15, 0.2) is 11.4 Å². The lowest BCUT2D eigenvalue weighted by atomic mass is 10.0. The van der Waals surface area contributed by atoms with Crippen molar-refractivity contribution in [1.29, 1.82) is 0 Å². The average molecular weight is 224 g/mol. The first kappa shape index (κ1) is 10.4. The summed E-state index contributed by atoms with van der Waals surface area (Å²) in [5.74, 6) is -0.643. The SMILES string of the molecule is CSc1ncc2c(n1)CCC2CC(=O)O. The van der Waals surface area contributed by atoms with Gasteiger partial charge in [-0.2, -0.15) is 0 Å². The maximum atomic E-state index is 10.6. The van der Waals surface area contributed by atoms with Crippen LogP contribution in [0.3, 0.4) is 0 Å². The van der Waals surface area contributed by atoms with Crippen LogP contribution in [0.5, 0.6) is 0 Å². The Balaban J connectivity index is 2.24. The molecule has 1 aromatic rings. The van der Waals surface area contributed by atoms with E-state index in [2.05, 4.69) is 9.97 Å². The summed E-state index contributed by atoms with van der Waals surface area (Å²) in [4.78, 5) is 19.2. The van der Waals surface area contributed by atoms with E-state index in [4.69, 9.17) is 5.11 Å². The summed E-state index contributed by atoms with van der Waals surface area (Å²) in [6.07, 6.45) is 5.67. The van der Waals surface area contributed by atoms with Gasteiger partial charge in [0.25, 0.3) is 0 Å². The molecule has 5 heteroatoms. The number of hydrogen-bond acceptors (Lipinski definition) is 4. The number of thioether (sulfide) groups is 1. The quantitative estimate of drug-likeness (QED) is 0.625. The predicted molar refractivity (Wildman–Crippen MR) is 57.1 cm³/mol. The number of aryl methyl sites for hydroxylation is 1. The van der Waals surface area contributed by atoms with Crippen LogP contribution >= 0.6 is 11.8 Å². The Bertz CT molecular complexity index is 395. The molecule has 1 aromatic heterocycles. The van der Waals surface area contributed by atoms with E-state index < -0.39 is 5.97 Å². The van der Waals surface area contributed by atoms with E-state index in [-0.39, 0.29) is 12.3 Å². The molecule has 1 atom stereocenters. The highest BCUT2D eigenvalue weighted by Crippen LogP contribution is 2.34. The van der Waals surface area contributed by atoms with Gasteiger partial charge in [0.15, 0.2) is 5.16 Å². The Morgan fingerprint density at radius 2 is 2.53 bits per heavy atom. The monoisotopic (exact) mass is 224 g/mol. The Morgan fingerprint density at radius 3 is 3.20 bits per heavy atom. The number of aromatic nitrogens is 2. The van der Waals surface area contributed by atoms with Crippen molar-refractivity contribution in [2.45, 2.75) is 30.3 Å². The van der Waals surface area contributed by atoms with Crippen LogP contribution in [0, 0.1) is 0 Å². The minimum absolute atomic E-state index is 0.105. The number of nitrogens with zero attached hydrogens (tertiary/aromatic N) is 2. The first-order chi connectivity index (χ1) is 7.20. The van der Waals surface area contributed by atoms with Crippen molar-refractivity contribution in [2.75, 3.05) is 6.26 Å². The van der Waals surface area contributed by atoms with Crippen LogP contribution in [-0.2, 0) is 11.2 Å². The first-order valence-electron chi connectivity index (χ1n) is 4.82. The molecular weight excluding hydrogens is 212 g/mol. The van der Waals surface area contributed by atoms with E-state index in [1.54, 1.807) is 6.20 Å². The summed E-state index contributed by atoms with van der Waals surface area (Å²) in [6.45, 7) is 0. The molecule has 0 aromatic carbocycles. The molecule has 0 aliphatic heterocycles. The van der Waals surface area contributed by atoms with Crippen molar-refractivity contribution in [3.63, 3.8) is 0 Å². The van der Waals surface area contributed by atoms with Gasteiger partial charge in [0, 0.05) is 11.9 Å². The van der Waals surface area contributed by atoms with Gasteiger partial charge in [-0.15, -0.1) is 0 Å². The molecule has 1 aliphatic rings. The number of carboxylic acid groups (broad SMARTS) is 1. The predicted octanol–water partition coefficient (Wildman–Crippen LogP) is 1.70. The topological polar surface area (TPSA) is 63.1 Å². The van der Waals surface area contributed by atoms with Crippen LogP contribution in [0.25, 0.3) is 0 Å². The maximum Gasteiger partial charge on any atom is 0.303 e. The van der Waals surface area contributed by atoms with E-state index in [0.717, 1.165) is 29.3 Å². The van der Waals surface area contributed by atoms with Gasteiger partial charge in [-0.1, -0.05) is 11.8 Å². The van der Waals surface area contributed by atoms with Gasteiger partial charge >= 0.3 is 5.97 Å². The molecular formula is C10H12N2O2S. The summed E-state index contributed by atoms with van der Waals surface area (Å²) in [7, 11) is 0. The fraction of sp³-hybridized carbons (Fsp3) is 0.500. The van der Waals surface area contributed by atoms with Crippen LogP contribution in [-0.4, -0.2) is 27.3 Å². The number of rotatable bonds is 3. The molecule has 0 radical (unpaired) electrons. The molecule has 1 heterocycles. The zero-order chi connectivity index (χ0) is 10.8. The van der Waals surface area contributed by atoms with Crippen molar-refractivity contribution in [3.05, 3.63) is 17.5 Å². The lowest BCUT2D eigenvalue weighted by Gasteiger charge is -2.07. The number of fused-ring (bicyclic) bond motifs is 1. The van der Waals surface area contributed by atoms with Gasteiger partial charge in [-0.25, -0.2) is 9.97 Å². The summed E-state index contributed by atoms with van der Waals surface area (Å²) in [6, 6.07) is 0. The van der Waals surface area contributed by atoms with Gasteiger partial charge in [-0.3, -0.25) is 4.79 Å². The lowest BCUT2D eigenvalue weighted by molar-refractivity contribution is -0.137. The van der Waals surface area contributed by atoms with E-state index in [0.29, 0.717) is 0 Å². The first-order valence-corrected chi connectivity index (χ1v) is 6.04. The highest BCUT2D eigenvalue weighted by molar-refractivity contribution is 7.98. The highest BCUT2D eigenvalue weighted by atomic mass is 32.2. The molecule has 0 amide bonds. The fourth-order valence-electron chi connectivity index (χ4n) is 1.94. The molecule has 0 saturated heterocycles. The van der Waals surface area contributed by atoms with Gasteiger partial charge in [0.05, 0.1) is 6.42 Å². The molecule has 2 rings (SSSR count).